The van der Waals surface area contributed by atoms with E-state index in [-0.39, 0.29) is 36.8 Å². The standard InChI is InChI=1S/C25H29N5O3/c1-17(2)28-24(32)25(15-30(11-12-33-25)23(31)22-26-16-27-29-22)14-19-5-4-6-21(13-19)20-9-7-18(3)8-10-20/h4-10,13,16-17H,11-12,14-15H2,1-3H3,(H,28,32)(H,26,27,29)/t25-/m1/s1. The van der Waals surface area contributed by atoms with Crippen LogP contribution in [0.25, 0.3) is 11.1 Å². The number of benzene rings is 2. The Balaban J connectivity index is 1.63. The largest absolute Gasteiger partial charge is 0.361 e. The molecule has 2 aromatic carbocycles. The summed E-state index contributed by atoms with van der Waals surface area (Å²) < 4.78 is 6.14. The first-order valence-corrected chi connectivity index (χ1v) is 11.1. The van der Waals surface area contributed by atoms with Crippen LogP contribution in [0, 0.1) is 6.92 Å². The summed E-state index contributed by atoms with van der Waals surface area (Å²) in [5, 5.41) is 9.36. The molecule has 1 atom stereocenters. The summed E-state index contributed by atoms with van der Waals surface area (Å²) in [6, 6.07) is 16.4. The fourth-order valence-corrected chi connectivity index (χ4v) is 4.07. The highest BCUT2D eigenvalue weighted by molar-refractivity contribution is 5.92. The summed E-state index contributed by atoms with van der Waals surface area (Å²) in [6.45, 7) is 6.62. The molecule has 0 unspecified atom stereocenters. The fourth-order valence-electron chi connectivity index (χ4n) is 4.07. The number of morpholine rings is 1. The van der Waals surface area contributed by atoms with E-state index in [1.54, 1.807) is 4.90 Å². The Morgan fingerprint density at radius 3 is 2.67 bits per heavy atom. The number of aryl methyl sites for hydroxylation is 1. The molecule has 0 radical (unpaired) electrons. The Bertz CT molecular complexity index is 1110. The van der Waals surface area contributed by atoms with Crippen LogP contribution in [-0.4, -0.2) is 63.2 Å². The van der Waals surface area contributed by atoms with Gasteiger partial charge in [-0.15, -0.1) is 0 Å². The Morgan fingerprint density at radius 2 is 1.97 bits per heavy atom. The third kappa shape index (κ3) is 5.12. The minimum atomic E-state index is -1.20. The van der Waals surface area contributed by atoms with Crippen molar-refractivity contribution in [3.63, 3.8) is 0 Å². The normalized spacial score (nSPS) is 18.4. The van der Waals surface area contributed by atoms with Crippen LogP contribution in [0.5, 0.6) is 0 Å². The van der Waals surface area contributed by atoms with Crippen molar-refractivity contribution in [3.05, 3.63) is 71.8 Å². The molecule has 4 rings (SSSR count). The molecule has 0 spiro atoms. The van der Waals surface area contributed by atoms with E-state index < -0.39 is 5.60 Å². The second kappa shape index (κ2) is 9.54. The summed E-state index contributed by atoms with van der Waals surface area (Å²) >= 11 is 0. The molecular formula is C25H29N5O3. The average Bonchev–Trinajstić information content (AvgIpc) is 3.34. The third-order valence-electron chi connectivity index (χ3n) is 5.73. The molecule has 1 fully saturated rings. The van der Waals surface area contributed by atoms with Gasteiger partial charge in [-0.2, -0.15) is 5.10 Å². The van der Waals surface area contributed by atoms with Crippen molar-refractivity contribution in [1.82, 2.24) is 25.4 Å². The number of nitrogens with zero attached hydrogens (tertiary/aromatic N) is 3. The SMILES string of the molecule is Cc1ccc(-c2cccc(C[C@]3(C(=O)NC(C)C)CN(C(=O)c4ncn[nH]4)CCO3)c2)cc1. The van der Waals surface area contributed by atoms with Gasteiger partial charge in [-0.1, -0.05) is 54.1 Å². The lowest BCUT2D eigenvalue weighted by Gasteiger charge is -2.41. The Kier molecular flexibility index (Phi) is 6.55. The first-order chi connectivity index (χ1) is 15.9. The summed E-state index contributed by atoms with van der Waals surface area (Å²) in [5.74, 6) is -0.379. The van der Waals surface area contributed by atoms with Crippen molar-refractivity contribution in [2.75, 3.05) is 19.7 Å². The molecule has 3 aromatic rings. The Hall–Kier alpha value is -3.52. The second-order valence-corrected chi connectivity index (χ2v) is 8.77. The molecule has 2 heterocycles. The number of carbonyl (C=O) groups is 2. The van der Waals surface area contributed by atoms with Crippen LogP contribution in [0.3, 0.4) is 0 Å². The van der Waals surface area contributed by atoms with Gasteiger partial charge >= 0.3 is 0 Å². The van der Waals surface area contributed by atoms with E-state index in [0.29, 0.717) is 13.0 Å². The number of amides is 2. The van der Waals surface area contributed by atoms with Crippen LogP contribution in [0.2, 0.25) is 0 Å². The van der Waals surface area contributed by atoms with Gasteiger partial charge in [0.25, 0.3) is 11.8 Å². The summed E-state index contributed by atoms with van der Waals surface area (Å²) in [5.41, 5.74) is 3.13. The highest BCUT2D eigenvalue weighted by Crippen LogP contribution is 2.28. The molecule has 0 aliphatic carbocycles. The maximum absolute atomic E-state index is 13.4. The van der Waals surface area contributed by atoms with Crippen LogP contribution in [-0.2, 0) is 16.0 Å². The van der Waals surface area contributed by atoms with E-state index in [9.17, 15) is 9.59 Å². The zero-order valence-corrected chi connectivity index (χ0v) is 19.2. The number of ether oxygens (including phenoxy) is 1. The van der Waals surface area contributed by atoms with Crippen molar-refractivity contribution in [2.24, 2.45) is 0 Å². The molecule has 8 heteroatoms. The number of H-pyrrole nitrogens is 1. The van der Waals surface area contributed by atoms with Gasteiger partial charge in [0.05, 0.1) is 13.2 Å². The highest BCUT2D eigenvalue weighted by Gasteiger charge is 2.45. The molecule has 2 amide bonds. The van der Waals surface area contributed by atoms with Crippen LogP contribution < -0.4 is 5.32 Å². The molecule has 1 aromatic heterocycles. The van der Waals surface area contributed by atoms with Crippen molar-refractivity contribution in [1.29, 1.82) is 0 Å². The molecule has 0 saturated carbocycles. The zero-order valence-electron chi connectivity index (χ0n) is 19.2. The monoisotopic (exact) mass is 447 g/mol. The van der Waals surface area contributed by atoms with E-state index >= 15 is 0 Å². The Labute approximate surface area is 193 Å². The maximum atomic E-state index is 13.4. The van der Waals surface area contributed by atoms with Crippen LogP contribution in [0.15, 0.2) is 54.9 Å². The van der Waals surface area contributed by atoms with Gasteiger partial charge in [-0.3, -0.25) is 14.7 Å². The lowest BCUT2D eigenvalue weighted by Crippen LogP contribution is -2.62. The minimum absolute atomic E-state index is 0.0581. The van der Waals surface area contributed by atoms with Gasteiger partial charge in [-0.05, 0) is 37.5 Å². The summed E-state index contributed by atoms with van der Waals surface area (Å²) in [6.07, 6.45) is 1.63. The van der Waals surface area contributed by atoms with Crippen LogP contribution in [0.1, 0.15) is 35.6 Å². The highest BCUT2D eigenvalue weighted by atomic mass is 16.5. The van der Waals surface area contributed by atoms with Gasteiger partial charge in [-0.25, -0.2) is 4.98 Å². The second-order valence-electron chi connectivity index (χ2n) is 8.77. The van der Waals surface area contributed by atoms with Gasteiger partial charge in [0.2, 0.25) is 5.82 Å². The van der Waals surface area contributed by atoms with Crippen LogP contribution in [0.4, 0.5) is 0 Å². The average molecular weight is 448 g/mol. The predicted octanol–water partition coefficient (Wildman–Crippen LogP) is 2.76. The molecule has 2 N–H and O–H groups in total. The molecule has 8 nitrogen and oxygen atoms in total. The molecule has 1 aliphatic rings. The molecule has 0 bridgehead atoms. The fraction of sp³-hybridized carbons (Fsp3) is 0.360. The Morgan fingerprint density at radius 1 is 1.18 bits per heavy atom. The molecule has 1 saturated heterocycles. The van der Waals surface area contributed by atoms with E-state index in [1.165, 1.54) is 11.9 Å². The first-order valence-electron chi connectivity index (χ1n) is 11.1. The van der Waals surface area contributed by atoms with E-state index in [4.69, 9.17) is 4.74 Å². The van der Waals surface area contributed by atoms with E-state index in [2.05, 4.69) is 63.8 Å². The third-order valence-corrected chi connectivity index (χ3v) is 5.73. The van der Waals surface area contributed by atoms with Gasteiger partial charge in [0.1, 0.15) is 6.33 Å². The number of aromatic nitrogens is 3. The van der Waals surface area contributed by atoms with Gasteiger partial charge < -0.3 is 15.0 Å². The number of hydrogen-bond donors (Lipinski definition) is 2. The molecule has 1 aliphatic heterocycles. The topological polar surface area (TPSA) is 100 Å². The van der Waals surface area contributed by atoms with E-state index in [0.717, 1.165) is 16.7 Å². The minimum Gasteiger partial charge on any atom is -0.361 e. The number of carbonyl (C=O) groups excluding carboxylic acids is 2. The first kappa shape index (κ1) is 22.7. The molecule has 172 valence electrons. The van der Waals surface area contributed by atoms with Crippen molar-refractivity contribution in [2.45, 2.75) is 38.8 Å². The number of aromatic amines is 1. The quantitative estimate of drug-likeness (QED) is 0.605. The number of rotatable bonds is 6. The summed E-state index contributed by atoms with van der Waals surface area (Å²) in [4.78, 5) is 31.9. The van der Waals surface area contributed by atoms with Crippen molar-refractivity contribution >= 4 is 11.8 Å². The summed E-state index contributed by atoms with van der Waals surface area (Å²) in [7, 11) is 0. The predicted molar refractivity (Wildman–Crippen MR) is 125 cm³/mol. The lowest BCUT2D eigenvalue weighted by molar-refractivity contribution is -0.157. The van der Waals surface area contributed by atoms with Gasteiger partial charge in [0, 0.05) is 19.0 Å². The number of hydrogen-bond acceptors (Lipinski definition) is 5. The zero-order chi connectivity index (χ0) is 23.4. The van der Waals surface area contributed by atoms with Gasteiger partial charge in [0.15, 0.2) is 5.60 Å². The molecule has 33 heavy (non-hydrogen) atoms. The van der Waals surface area contributed by atoms with Crippen molar-refractivity contribution < 1.29 is 14.3 Å². The number of nitrogens with one attached hydrogen (secondary N) is 2. The van der Waals surface area contributed by atoms with E-state index in [1.807, 2.05) is 26.0 Å². The smallest absolute Gasteiger partial charge is 0.291 e. The molecular weight excluding hydrogens is 418 g/mol. The lowest BCUT2D eigenvalue weighted by atomic mass is 9.89. The van der Waals surface area contributed by atoms with Crippen LogP contribution >= 0.6 is 0 Å². The van der Waals surface area contributed by atoms with Crippen molar-refractivity contribution in [3.8, 4) is 11.1 Å². The maximum Gasteiger partial charge on any atom is 0.291 e.